The van der Waals surface area contributed by atoms with Gasteiger partial charge in [-0.2, -0.15) is 4.98 Å². The first-order valence-corrected chi connectivity index (χ1v) is 11.0. The topological polar surface area (TPSA) is 84.2 Å². The molecule has 1 saturated heterocycles. The van der Waals surface area contributed by atoms with Crippen LogP contribution in [-0.4, -0.2) is 39.1 Å². The van der Waals surface area contributed by atoms with Crippen molar-refractivity contribution in [3.63, 3.8) is 0 Å². The Kier molecular flexibility index (Phi) is 5.68. The van der Waals surface area contributed by atoms with Crippen LogP contribution in [0.15, 0.2) is 59.1 Å². The third-order valence-corrected chi connectivity index (χ3v) is 6.13. The van der Waals surface area contributed by atoms with Crippen molar-refractivity contribution in [3.8, 4) is 11.5 Å². The van der Waals surface area contributed by atoms with Crippen LogP contribution in [0.3, 0.4) is 0 Å². The Bertz CT molecular complexity index is 1280. The van der Waals surface area contributed by atoms with Gasteiger partial charge in [-0.15, -0.1) is 0 Å². The minimum atomic E-state index is -0.164. The van der Waals surface area contributed by atoms with Crippen LogP contribution in [0.5, 0.6) is 0 Å². The summed E-state index contributed by atoms with van der Waals surface area (Å²) in [5.74, 6) is 1.12. The number of fused-ring (bicyclic) bond motifs is 1. The number of likely N-dealkylation sites (tertiary alicyclic amines) is 1. The highest BCUT2D eigenvalue weighted by Crippen LogP contribution is 2.29. The van der Waals surface area contributed by atoms with Crippen LogP contribution in [0.2, 0.25) is 10.0 Å². The summed E-state index contributed by atoms with van der Waals surface area (Å²) in [5, 5.41) is 9.12. The van der Waals surface area contributed by atoms with Gasteiger partial charge in [-0.25, -0.2) is 9.78 Å². The normalized spacial score (nSPS) is 14.6. The van der Waals surface area contributed by atoms with Gasteiger partial charge in [0.15, 0.2) is 0 Å². The summed E-state index contributed by atoms with van der Waals surface area (Å²) in [6.45, 7) is 1.18. The number of hydrogen-bond donors (Lipinski definition) is 1. The Morgan fingerprint density at radius 2 is 1.84 bits per heavy atom. The molecule has 0 atom stereocenters. The number of halogens is 2. The first kappa shape index (κ1) is 20.7. The lowest BCUT2D eigenvalue weighted by Gasteiger charge is -2.30. The average molecular weight is 468 g/mol. The molecule has 9 heteroatoms. The molecule has 1 fully saturated rings. The molecule has 0 unspecified atom stereocenters. The lowest BCUT2D eigenvalue weighted by atomic mass is 9.97. The molecule has 0 bridgehead atoms. The van der Waals surface area contributed by atoms with Crippen molar-refractivity contribution in [1.29, 1.82) is 0 Å². The van der Waals surface area contributed by atoms with E-state index in [4.69, 9.17) is 27.7 Å². The monoisotopic (exact) mass is 467 g/mol. The Labute approximate surface area is 194 Å². The third-order valence-electron chi connectivity index (χ3n) is 5.57. The molecule has 32 heavy (non-hydrogen) atoms. The predicted molar refractivity (Wildman–Crippen MR) is 124 cm³/mol. The predicted octanol–water partition coefficient (Wildman–Crippen LogP) is 6.00. The summed E-state index contributed by atoms with van der Waals surface area (Å²) in [5.41, 5.74) is 2.07. The van der Waals surface area contributed by atoms with Gasteiger partial charge in [0.2, 0.25) is 11.7 Å². The van der Waals surface area contributed by atoms with Gasteiger partial charge in [-0.1, -0.05) is 46.6 Å². The van der Waals surface area contributed by atoms with Gasteiger partial charge in [0, 0.05) is 29.4 Å². The van der Waals surface area contributed by atoms with Gasteiger partial charge in [0.25, 0.3) is 0 Å². The summed E-state index contributed by atoms with van der Waals surface area (Å²) in [7, 11) is 0. The SMILES string of the molecule is O=C(Nc1ccccc1Cl)N1CCC(c2nc(-c3ccc4cc(Cl)ccc4n3)no2)CC1. The van der Waals surface area contributed by atoms with Crippen molar-refractivity contribution in [2.24, 2.45) is 0 Å². The second-order valence-corrected chi connectivity index (χ2v) is 8.50. The van der Waals surface area contributed by atoms with E-state index < -0.39 is 0 Å². The van der Waals surface area contributed by atoms with E-state index in [1.807, 2.05) is 36.4 Å². The number of amides is 2. The van der Waals surface area contributed by atoms with Crippen molar-refractivity contribution in [2.45, 2.75) is 18.8 Å². The second kappa shape index (κ2) is 8.76. The number of carbonyl (C=O) groups is 1. The Hall–Kier alpha value is -3.16. The number of anilines is 1. The molecule has 1 aliphatic rings. The summed E-state index contributed by atoms with van der Waals surface area (Å²) in [6, 6.07) is 16.4. The largest absolute Gasteiger partial charge is 0.339 e. The van der Waals surface area contributed by atoms with Crippen LogP contribution in [0.1, 0.15) is 24.7 Å². The van der Waals surface area contributed by atoms with Gasteiger partial charge >= 0.3 is 6.03 Å². The summed E-state index contributed by atoms with van der Waals surface area (Å²) in [6.07, 6.45) is 1.47. The number of aromatic nitrogens is 3. The van der Waals surface area contributed by atoms with E-state index >= 15 is 0 Å². The second-order valence-electron chi connectivity index (χ2n) is 7.66. The minimum absolute atomic E-state index is 0.0971. The molecule has 0 saturated carbocycles. The zero-order chi connectivity index (χ0) is 22.1. The molecule has 7 nitrogen and oxygen atoms in total. The molecular formula is C23H19Cl2N5O2. The van der Waals surface area contributed by atoms with E-state index in [-0.39, 0.29) is 11.9 Å². The van der Waals surface area contributed by atoms with Gasteiger partial charge in [0.05, 0.1) is 16.2 Å². The number of urea groups is 1. The number of carbonyl (C=O) groups excluding carboxylic acids is 1. The number of pyridine rings is 1. The zero-order valence-corrected chi connectivity index (χ0v) is 18.5. The first-order chi connectivity index (χ1) is 15.6. The molecule has 0 radical (unpaired) electrons. The maximum Gasteiger partial charge on any atom is 0.321 e. The summed E-state index contributed by atoms with van der Waals surface area (Å²) in [4.78, 5) is 23.5. The van der Waals surface area contributed by atoms with E-state index in [1.165, 1.54) is 0 Å². The van der Waals surface area contributed by atoms with E-state index in [2.05, 4.69) is 20.4 Å². The van der Waals surface area contributed by atoms with Gasteiger partial charge < -0.3 is 14.7 Å². The molecule has 0 aliphatic carbocycles. The van der Waals surface area contributed by atoms with Crippen LogP contribution in [0, 0.1) is 0 Å². The minimum Gasteiger partial charge on any atom is -0.339 e. The molecule has 1 N–H and O–H groups in total. The van der Waals surface area contributed by atoms with Crippen LogP contribution >= 0.6 is 23.2 Å². The third kappa shape index (κ3) is 4.26. The first-order valence-electron chi connectivity index (χ1n) is 10.3. The highest BCUT2D eigenvalue weighted by atomic mass is 35.5. The number of hydrogen-bond acceptors (Lipinski definition) is 5. The number of piperidine rings is 1. The van der Waals surface area contributed by atoms with Crippen molar-refractivity contribution in [3.05, 3.63) is 70.5 Å². The Morgan fingerprint density at radius 1 is 1.03 bits per heavy atom. The van der Waals surface area contributed by atoms with Crippen molar-refractivity contribution >= 4 is 45.8 Å². The van der Waals surface area contributed by atoms with Gasteiger partial charge in [0.1, 0.15) is 5.69 Å². The van der Waals surface area contributed by atoms with Crippen molar-refractivity contribution in [1.82, 2.24) is 20.0 Å². The van der Waals surface area contributed by atoms with E-state index in [0.29, 0.717) is 46.2 Å². The standard InChI is InChI=1S/C23H19Cl2N5O2/c24-16-6-8-18-15(13-16)5-7-20(26-18)21-28-22(32-29-21)14-9-11-30(12-10-14)23(31)27-19-4-2-1-3-17(19)25/h1-8,13-14H,9-12H2,(H,27,31). The molecule has 2 aromatic heterocycles. The van der Waals surface area contributed by atoms with Gasteiger partial charge in [-0.05, 0) is 49.2 Å². The molecule has 5 rings (SSSR count). The molecular weight excluding hydrogens is 449 g/mol. The molecule has 4 aromatic rings. The van der Waals surface area contributed by atoms with E-state index in [1.54, 1.807) is 23.1 Å². The van der Waals surface area contributed by atoms with Crippen LogP contribution in [0.25, 0.3) is 22.4 Å². The van der Waals surface area contributed by atoms with Gasteiger partial charge in [-0.3, -0.25) is 0 Å². The van der Waals surface area contributed by atoms with Crippen LogP contribution in [-0.2, 0) is 0 Å². The molecule has 3 heterocycles. The fourth-order valence-electron chi connectivity index (χ4n) is 3.81. The maximum atomic E-state index is 12.6. The molecule has 1 aliphatic heterocycles. The fourth-order valence-corrected chi connectivity index (χ4v) is 4.18. The molecule has 2 aromatic carbocycles. The van der Waals surface area contributed by atoms with Crippen LogP contribution < -0.4 is 5.32 Å². The molecule has 162 valence electrons. The highest BCUT2D eigenvalue weighted by molar-refractivity contribution is 6.33. The lowest BCUT2D eigenvalue weighted by Crippen LogP contribution is -2.40. The van der Waals surface area contributed by atoms with Crippen molar-refractivity contribution < 1.29 is 9.32 Å². The number of para-hydroxylation sites is 1. The van der Waals surface area contributed by atoms with E-state index in [9.17, 15) is 4.79 Å². The number of nitrogens with zero attached hydrogens (tertiary/aromatic N) is 4. The highest BCUT2D eigenvalue weighted by Gasteiger charge is 2.28. The fraction of sp³-hybridized carbons (Fsp3) is 0.217. The zero-order valence-electron chi connectivity index (χ0n) is 17.0. The quantitative estimate of drug-likeness (QED) is 0.399. The molecule has 0 spiro atoms. The Balaban J connectivity index is 1.24. The smallest absolute Gasteiger partial charge is 0.321 e. The maximum absolute atomic E-state index is 12.6. The summed E-state index contributed by atoms with van der Waals surface area (Å²) < 4.78 is 5.54. The number of rotatable bonds is 3. The summed E-state index contributed by atoms with van der Waals surface area (Å²) >= 11 is 12.2. The molecule has 2 amide bonds. The van der Waals surface area contributed by atoms with Crippen LogP contribution in [0.4, 0.5) is 10.5 Å². The average Bonchev–Trinajstić information content (AvgIpc) is 3.31. The Morgan fingerprint density at radius 3 is 2.66 bits per heavy atom. The van der Waals surface area contributed by atoms with E-state index in [0.717, 1.165) is 23.7 Å². The lowest BCUT2D eigenvalue weighted by molar-refractivity contribution is 0.187. The number of benzene rings is 2. The number of nitrogens with one attached hydrogen (secondary N) is 1. The van der Waals surface area contributed by atoms with Crippen molar-refractivity contribution in [2.75, 3.05) is 18.4 Å².